The Bertz CT molecular complexity index is 505. The van der Waals surface area contributed by atoms with Gasteiger partial charge in [0.05, 0.1) is 5.69 Å². The Balaban J connectivity index is 2.75. The summed E-state index contributed by atoms with van der Waals surface area (Å²) in [5.74, 6) is -1.07. The van der Waals surface area contributed by atoms with Crippen LogP contribution in [0.4, 0.5) is 9.93 Å². The van der Waals surface area contributed by atoms with Gasteiger partial charge in [0, 0.05) is 17.3 Å². The summed E-state index contributed by atoms with van der Waals surface area (Å²) in [7, 11) is 0. The summed E-state index contributed by atoms with van der Waals surface area (Å²) in [6.45, 7) is 9.38. The number of nitrogens with one attached hydrogen (secondary N) is 1. The molecule has 1 heterocycles. The average molecular weight is 297 g/mol. The number of carboxylic acid groups (broad SMARTS) is 1. The van der Waals surface area contributed by atoms with E-state index >= 15 is 0 Å². The van der Waals surface area contributed by atoms with E-state index < -0.39 is 12.0 Å². The fraction of sp³-hybridized carbons (Fsp3) is 0.462. The summed E-state index contributed by atoms with van der Waals surface area (Å²) in [5, 5.41) is 13.7. The molecule has 1 rings (SSSR count). The van der Waals surface area contributed by atoms with Gasteiger partial charge in [-0.15, -0.1) is 17.9 Å². The number of hydrogen-bond donors (Lipinski definition) is 2. The second kappa shape index (κ2) is 6.51. The van der Waals surface area contributed by atoms with E-state index in [9.17, 15) is 9.59 Å². The van der Waals surface area contributed by atoms with Crippen LogP contribution in [0.25, 0.3) is 0 Å². The van der Waals surface area contributed by atoms with E-state index in [0.717, 1.165) is 10.6 Å². The Labute approximate surface area is 122 Å². The van der Waals surface area contributed by atoms with Crippen LogP contribution >= 0.6 is 11.3 Å². The maximum atomic E-state index is 12.0. The van der Waals surface area contributed by atoms with E-state index in [-0.39, 0.29) is 18.5 Å². The number of urea groups is 1. The molecule has 1 aromatic heterocycles. The summed E-state index contributed by atoms with van der Waals surface area (Å²) >= 11 is 1.32. The van der Waals surface area contributed by atoms with Crippen LogP contribution in [0.2, 0.25) is 0 Å². The molecule has 0 aliphatic carbocycles. The number of anilines is 1. The highest BCUT2D eigenvalue weighted by Gasteiger charge is 2.20. The smallest absolute Gasteiger partial charge is 0.324 e. The Kier molecular flexibility index (Phi) is 5.26. The van der Waals surface area contributed by atoms with Crippen molar-refractivity contribution in [1.82, 2.24) is 9.88 Å². The number of carbonyl (C=O) groups is 2. The van der Waals surface area contributed by atoms with Gasteiger partial charge >= 0.3 is 12.0 Å². The number of hydrogen-bond acceptors (Lipinski definition) is 4. The minimum Gasteiger partial charge on any atom is -0.480 e. The van der Waals surface area contributed by atoms with Crippen LogP contribution in [-0.4, -0.2) is 40.1 Å². The molecule has 0 aliphatic rings. The summed E-state index contributed by atoms with van der Waals surface area (Å²) < 4.78 is 0. The van der Waals surface area contributed by atoms with Gasteiger partial charge in [0.15, 0.2) is 5.13 Å². The van der Waals surface area contributed by atoms with Crippen LogP contribution < -0.4 is 5.32 Å². The van der Waals surface area contributed by atoms with E-state index in [0.29, 0.717) is 5.13 Å². The lowest BCUT2D eigenvalue weighted by Gasteiger charge is -2.18. The van der Waals surface area contributed by atoms with Gasteiger partial charge in [-0.3, -0.25) is 10.1 Å². The second-order valence-electron chi connectivity index (χ2n) is 5.28. The first-order valence-electron chi connectivity index (χ1n) is 6.08. The fourth-order valence-corrected chi connectivity index (χ4v) is 2.31. The van der Waals surface area contributed by atoms with E-state index in [1.165, 1.54) is 17.4 Å². The summed E-state index contributed by atoms with van der Waals surface area (Å²) in [4.78, 5) is 28.2. The van der Waals surface area contributed by atoms with Crippen LogP contribution in [-0.2, 0) is 10.2 Å². The van der Waals surface area contributed by atoms with Crippen LogP contribution in [0.1, 0.15) is 26.5 Å². The number of nitrogens with zero attached hydrogens (tertiary/aromatic N) is 2. The zero-order chi connectivity index (χ0) is 15.3. The van der Waals surface area contributed by atoms with Crippen molar-refractivity contribution < 1.29 is 14.7 Å². The Morgan fingerprint density at radius 2 is 2.20 bits per heavy atom. The van der Waals surface area contributed by atoms with Gasteiger partial charge in [-0.25, -0.2) is 9.78 Å². The van der Waals surface area contributed by atoms with Gasteiger partial charge in [-0.2, -0.15) is 0 Å². The molecule has 0 unspecified atom stereocenters. The molecule has 20 heavy (non-hydrogen) atoms. The molecular weight excluding hydrogens is 278 g/mol. The van der Waals surface area contributed by atoms with Crippen molar-refractivity contribution >= 4 is 28.5 Å². The molecular formula is C13H19N3O3S. The molecule has 0 fully saturated rings. The zero-order valence-corrected chi connectivity index (χ0v) is 12.7. The Morgan fingerprint density at radius 1 is 1.55 bits per heavy atom. The highest BCUT2D eigenvalue weighted by molar-refractivity contribution is 7.13. The van der Waals surface area contributed by atoms with Gasteiger partial charge in [0.2, 0.25) is 0 Å². The highest BCUT2D eigenvalue weighted by Crippen LogP contribution is 2.26. The van der Waals surface area contributed by atoms with Crippen molar-refractivity contribution in [3.63, 3.8) is 0 Å². The normalized spacial score (nSPS) is 10.9. The third-order valence-electron chi connectivity index (χ3n) is 2.45. The molecule has 1 aromatic rings. The first-order valence-corrected chi connectivity index (χ1v) is 6.96. The van der Waals surface area contributed by atoms with Crippen LogP contribution in [0.15, 0.2) is 18.0 Å². The first kappa shape index (κ1) is 16.2. The van der Waals surface area contributed by atoms with Gasteiger partial charge in [0.25, 0.3) is 0 Å². The predicted molar refractivity (Wildman–Crippen MR) is 79.2 cm³/mol. The summed E-state index contributed by atoms with van der Waals surface area (Å²) in [6, 6.07) is -0.498. The lowest BCUT2D eigenvalue weighted by Crippen LogP contribution is -2.38. The fourth-order valence-electron chi connectivity index (χ4n) is 1.38. The number of thiazole rings is 1. The molecule has 0 aliphatic heterocycles. The molecule has 6 nitrogen and oxygen atoms in total. The minimum absolute atomic E-state index is 0.0959. The third kappa shape index (κ3) is 4.65. The quantitative estimate of drug-likeness (QED) is 0.818. The van der Waals surface area contributed by atoms with Crippen molar-refractivity contribution in [1.29, 1.82) is 0 Å². The topological polar surface area (TPSA) is 82.5 Å². The molecule has 0 radical (unpaired) electrons. The minimum atomic E-state index is -1.07. The van der Waals surface area contributed by atoms with Crippen molar-refractivity contribution in [3.8, 4) is 0 Å². The molecule has 0 atom stereocenters. The lowest BCUT2D eigenvalue weighted by molar-refractivity contribution is -0.137. The average Bonchev–Trinajstić information content (AvgIpc) is 2.76. The van der Waals surface area contributed by atoms with E-state index in [1.807, 2.05) is 26.2 Å². The molecule has 110 valence electrons. The van der Waals surface area contributed by atoms with Gasteiger partial charge in [-0.05, 0) is 0 Å². The second-order valence-corrected chi connectivity index (χ2v) is 6.14. The number of rotatable bonds is 5. The Hall–Kier alpha value is -1.89. The van der Waals surface area contributed by atoms with Crippen molar-refractivity contribution in [2.45, 2.75) is 26.2 Å². The van der Waals surface area contributed by atoms with Crippen molar-refractivity contribution in [2.24, 2.45) is 0 Å². The predicted octanol–water partition coefficient (Wildman–Crippen LogP) is 2.55. The molecule has 0 bridgehead atoms. The largest absolute Gasteiger partial charge is 0.480 e. The van der Waals surface area contributed by atoms with Gasteiger partial charge in [0.1, 0.15) is 6.54 Å². The van der Waals surface area contributed by atoms with E-state index in [1.54, 1.807) is 0 Å². The molecule has 0 saturated carbocycles. The molecule has 2 amide bonds. The monoisotopic (exact) mass is 297 g/mol. The first-order chi connectivity index (χ1) is 9.24. The van der Waals surface area contributed by atoms with Crippen LogP contribution in [0, 0.1) is 0 Å². The SMILES string of the molecule is C=CCN(CC(=O)O)C(=O)Nc1nc(C(C)(C)C)cs1. The number of carboxylic acids is 1. The third-order valence-corrected chi connectivity index (χ3v) is 3.21. The molecule has 0 aromatic carbocycles. The zero-order valence-electron chi connectivity index (χ0n) is 11.8. The number of carbonyl (C=O) groups excluding carboxylic acids is 1. The standard InChI is InChI=1S/C13H19N3O3S/c1-5-6-16(7-10(17)18)12(19)15-11-14-9(8-20-11)13(2,3)4/h5,8H,1,6-7H2,2-4H3,(H,17,18)(H,14,15,19). The molecule has 2 N–H and O–H groups in total. The van der Waals surface area contributed by atoms with Gasteiger partial charge < -0.3 is 10.0 Å². The molecule has 7 heteroatoms. The number of amides is 2. The van der Waals surface area contributed by atoms with Gasteiger partial charge in [-0.1, -0.05) is 26.8 Å². The van der Waals surface area contributed by atoms with Crippen molar-refractivity contribution in [2.75, 3.05) is 18.4 Å². The number of aliphatic carboxylic acids is 1. The van der Waals surface area contributed by atoms with Crippen molar-refractivity contribution in [3.05, 3.63) is 23.7 Å². The van der Waals surface area contributed by atoms with E-state index in [2.05, 4.69) is 16.9 Å². The van der Waals surface area contributed by atoms with Crippen LogP contribution in [0.3, 0.4) is 0 Å². The summed E-state index contributed by atoms with van der Waals surface area (Å²) in [5.41, 5.74) is 0.785. The number of aromatic nitrogens is 1. The summed E-state index contributed by atoms with van der Waals surface area (Å²) in [6.07, 6.45) is 1.48. The highest BCUT2D eigenvalue weighted by atomic mass is 32.1. The maximum absolute atomic E-state index is 12.0. The lowest BCUT2D eigenvalue weighted by atomic mass is 9.93. The Morgan fingerprint density at radius 3 is 2.65 bits per heavy atom. The van der Waals surface area contributed by atoms with E-state index in [4.69, 9.17) is 5.11 Å². The van der Waals surface area contributed by atoms with Crippen LogP contribution in [0.5, 0.6) is 0 Å². The molecule has 0 spiro atoms. The molecule has 0 saturated heterocycles. The maximum Gasteiger partial charge on any atom is 0.324 e.